The molecule has 2 aromatic heterocycles. The van der Waals surface area contributed by atoms with E-state index >= 15 is 0 Å². The van der Waals surface area contributed by atoms with Crippen molar-refractivity contribution in [3.63, 3.8) is 0 Å². The molecular formula is C12H8N2O3. The molecule has 0 bridgehead atoms. The van der Waals surface area contributed by atoms with Crippen molar-refractivity contribution in [2.45, 2.75) is 0 Å². The minimum absolute atomic E-state index is 0.390. The molecular weight excluding hydrogens is 220 g/mol. The number of aromatic nitrogens is 2. The predicted molar refractivity (Wildman–Crippen MR) is 60.6 cm³/mol. The maximum absolute atomic E-state index is 11.4. The highest BCUT2D eigenvalue weighted by molar-refractivity contribution is 6.05. The van der Waals surface area contributed by atoms with Crippen molar-refractivity contribution in [2.75, 3.05) is 7.11 Å². The fourth-order valence-corrected chi connectivity index (χ4v) is 1.76. The average molecular weight is 228 g/mol. The Kier molecular flexibility index (Phi) is 2.04. The fourth-order valence-electron chi connectivity index (χ4n) is 1.76. The number of furan rings is 1. The van der Waals surface area contributed by atoms with E-state index in [2.05, 4.69) is 14.7 Å². The Bertz CT molecular complexity index is 718. The number of carbonyl (C=O) groups is 1. The van der Waals surface area contributed by atoms with E-state index in [0.717, 1.165) is 10.8 Å². The molecule has 0 aliphatic rings. The number of esters is 1. The van der Waals surface area contributed by atoms with Crippen LogP contribution in [-0.4, -0.2) is 23.0 Å². The second-order valence-electron chi connectivity index (χ2n) is 3.55. The molecule has 84 valence electrons. The minimum Gasteiger partial charge on any atom is -0.465 e. The van der Waals surface area contributed by atoms with Gasteiger partial charge in [-0.15, -0.1) is 0 Å². The molecule has 0 N–H and O–H groups in total. The van der Waals surface area contributed by atoms with Gasteiger partial charge in [-0.3, -0.25) is 0 Å². The van der Waals surface area contributed by atoms with Crippen molar-refractivity contribution in [3.05, 3.63) is 36.3 Å². The maximum Gasteiger partial charge on any atom is 0.337 e. The van der Waals surface area contributed by atoms with Crippen LogP contribution in [0.4, 0.5) is 0 Å². The smallest absolute Gasteiger partial charge is 0.337 e. The first-order chi connectivity index (χ1) is 8.29. The first-order valence-corrected chi connectivity index (χ1v) is 5.00. The van der Waals surface area contributed by atoms with Crippen LogP contribution in [0, 0.1) is 0 Å². The van der Waals surface area contributed by atoms with Crippen molar-refractivity contribution >= 4 is 28.0 Å². The third kappa shape index (κ3) is 1.44. The predicted octanol–water partition coefficient (Wildman–Crippen LogP) is 2.16. The number of hydrogen-bond donors (Lipinski definition) is 0. The Morgan fingerprint density at radius 1 is 1.35 bits per heavy atom. The van der Waals surface area contributed by atoms with E-state index in [0.29, 0.717) is 16.9 Å². The summed E-state index contributed by atoms with van der Waals surface area (Å²) >= 11 is 0. The van der Waals surface area contributed by atoms with Gasteiger partial charge in [0.15, 0.2) is 0 Å². The van der Waals surface area contributed by atoms with Crippen LogP contribution in [0.25, 0.3) is 22.1 Å². The highest BCUT2D eigenvalue weighted by Crippen LogP contribution is 2.27. The molecule has 3 aromatic rings. The third-order valence-electron chi connectivity index (χ3n) is 2.58. The molecule has 0 aliphatic heterocycles. The molecule has 5 nitrogen and oxygen atoms in total. The monoisotopic (exact) mass is 228 g/mol. The molecule has 2 heterocycles. The van der Waals surface area contributed by atoms with Gasteiger partial charge in [-0.05, 0) is 18.2 Å². The Balaban J connectivity index is 2.30. The molecule has 5 heteroatoms. The molecule has 1 aromatic carbocycles. The molecule has 0 amide bonds. The highest BCUT2D eigenvalue weighted by atomic mass is 16.5. The summed E-state index contributed by atoms with van der Waals surface area (Å²) in [7, 11) is 1.34. The summed E-state index contributed by atoms with van der Waals surface area (Å²) in [4.78, 5) is 19.3. The number of rotatable bonds is 1. The van der Waals surface area contributed by atoms with E-state index in [1.807, 2.05) is 0 Å². The van der Waals surface area contributed by atoms with Gasteiger partial charge in [-0.25, -0.2) is 14.8 Å². The molecule has 0 spiro atoms. The van der Waals surface area contributed by atoms with E-state index < -0.39 is 5.97 Å². The minimum atomic E-state index is -0.390. The van der Waals surface area contributed by atoms with Gasteiger partial charge in [0, 0.05) is 11.6 Å². The van der Waals surface area contributed by atoms with Gasteiger partial charge >= 0.3 is 5.97 Å². The van der Waals surface area contributed by atoms with Gasteiger partial charge in [0.05, 0.1) is 18.1 Å². The number of benzene rings is 1. The van der Waals surface area contributed by atoms with Crippen molar-refractivity contribution in [1.29, 1.82) is 0 Å². The summed E-state index contributed by atoms with van der Waals surface area (Å²) in [5.74, 6) is -0.390. The zero-order valence-corrected chi connectivity index (χ0v) is 9.01. The van der Waals surface area contributed by atoms with Crippen molar-refractivity contribution in [3.8, 4) is 0 Å². The molecule has 3 rings (SSSR count). The molecule has 0 radical (unpaired) electrons. The molecule has 0 atom stereocenters. The summed E-state index contributed by atoms with van der Waals surface area (Å²) < 4.78 is 10.2. The number of ether oxygens (including phenoxy) is 1. The van der Waals surface area contributed by atoms with Gasteiger partial charge in [0.25, 0.3) is 0 Å². The highest BCUT2D eigenvalue weighted by Gasteiger charge is 2.11. The number of methoxy groups -OCH3 is 1. The summed E-state index contributed by atoms with van der Waals surface area (Å²) in [5.41, 5.74) is 1.56. The van der Waals surface area contributed by atoms with Crippen molar-refractivity contribution < 1.29 is 13.9 Å². The number of nitrogens with zero attached hydrogens (tertiary/aromatic N) is 2. The molecule has 0 fully saturated rings. The Hall–Kier alpha value is -2.43. The van der Waals surface area contributed by atoms with Gasteiger partial charge < -0.3 is 9.15 Å². The third-order valence-corrected chi connectivity index (χ3v) is 2.58. The molecule has 0 aliphatic carbocycles. The summed E-state index contributed by atoms with van der Waals surface area (Å²) in [6.07, 6.45) is 3.11. The van der Waals surface area contributed by atoms with Crippen LogP contribution < -0.4 is 0 Å². The van der Waals surface area contributed by atoms with Crippen molar-refractivity contribution in [2.24, 2.45) is 0 Å². The Labute approximate surface area is 96.0 Å². The average Bonchev–Trinajstić information content (AvgIpc) is 2.75. The maximum atomic E-state index is 11.4. The Morgan fingerprint density at radius 3 is 3.06 bits per heavy atom. The number of carbonyl (C=O) groups excluding carboxylic acids is 1. The number of fused-ring (bicyclic) bond motifs is 3. The lowest BCUT2D eigenvalue weighted by molar-refractivity contribution is 0.0601. The lowest BCUT2D eigenvalue weighted by Crippen LogP contribution is -1.99. The van der Waals surface area contributed by atoms with Gasteiger partial charge in [0.1, 0.15) is 11.9 Å². The topological polar surface area (TPSA) is 65.2 Å². The summed E-state index contributed by atoms with van der Waals surface area (Å²) in [5, 5.41) is 1.71. The van der Waals surface area contributed by atoms with E-state index in [4.69, 9.17) is 4.42 Å². The van der Waals surface area contributed by atoms with E-state index in [1.165, 1.54) is 13.4 Å². The first-order valence-electron chi connectivity index (χ1n) is 5.00. The standard InChI is InChI=1S/C12H8N2O3/c1-16-12(15)7-2-3-8-9-5-13-6-14-11(9)17-10(8)4-7/h2-6H,1H3. The van der Waals surface area contributed by atoms with Crippen LogP contribution >= 0.6 is 0 Å². The van der Waals surface area contributed by atoms with Gasteiger partial charge in [0.2, 0.25) is 5.71 Å². The molecule has 0 unspecified atom stereocenters. The van der Waals surface area contributed by atoms with Gasteiger partial charge in [-0.1, -0.05) is 0 Å². The van der Waals surface area contributed by atoms with Crippen LogP contribution in [0.15, 0.2) is 35.1 Å². The largest absolute Gasteiger partial charge is 0.465 e. The second-order valence-corrected chi connectivity index (χ2v) is 3.55. The lowest BCUT2D eigenvalue weighted by Gasteiger charge is -1.97. The van der Waals surface area contributed by atoms with E-state index in [-0.39, 0.29) is 0 Å². The van der Waals surface area contributed by atoms with Crippen LogP contribution in [-0.2, 0) is 4.74 Å². The molecule has 0 saturated heterocycles. The fraction of sp³-hybridized carbons (Fsp3) is 0.0833. The van der Waals surface area contributed by atoms with Crippen LogP contribution in [0.2, 0.25) is 0 Å². The van der Waals surface area contributed by atoms with Crippen LogP contribution in [0.3, 0.4) is 0 Å². The van der Waals surface area contributed by atoms with Crippen molar-refractivity contribution in [1.82, 2.24) is 9.97 Å². The zero-order valence-electron chi connectivity index (χ0n) is 9.01. The van der Waals surface area contributed by atoms with E-state index in [1.54, 1.807) is 24.4 Å². The summed E-state index contributed by atoms with van der Waals surface area (Å²) in [6, 6.07) is 5.13. The number of hydrogen-bond acceptors (Lipinski definition) is 5. The normalized spacial score (nSPS) is 10.9. The first kappa shape index (κ1) is 9.77. The quantitative estimate of drug-likeness (QED) is 0.597. The zero-order chi connectivity index (χ0) is 11.8. The molecule has 0 saturated carbocycles. The lowest BCUT2D eigenvalue weighted by atomic mass is 10.1. The van der Waals surface area contributed by atoms with Gasteiger partial charge in [-0.2, -0.15) is 0 Å². The van der Waals surface area contributed by atoms with Crippen LogP contribution in [0.1, 0.15) is 10.4 Å². The molecule has 17 heavy (non-hydrogen) atoms. The second kappa shape index (κ2) is 3.55. The Morgan fingerprint density at radius 2 is 2.24 bits per heavy atom. The van der Waals surface area contributed by atoms with Crippen LogP contribution in [0.5, 0.6) is 0 Å². The SMILES string of the molecule is COC(=O)c1ccc2c(c1)oc1ncncc12. The van der Waals surface area contributed by atoms with E-state index in [9.17, 15) is 4.79 Å². The summed E-state index contributed by atoms with van der Waals surface area (Å²) in [6.45, 7) is 0.